The van der Waals surface area contributed by atoms with Gasteiger partial charge in [-0.25, -0.2) is 0 Å². The lowest BCUT2D eigenvalue weighted by Gasteiger charge is -1.97. The van der Waals surface area contributed by atoms with E-state index in [-0.39, 0.29) is 12.7 Å². The summed E-state index contributed by atoms with van der Waals surface area (Å²) in [5, 5.41) is 0. The fourth-order valence-corrected chi connectivity index (χ4v) is 0.244. The van der Waals surface area contributed by atoms with Crippen LogP contribution in [0.3, 0.4) is 0 Å². The zero-order chi connectivity index (χ0) is 5.70. The summed E-state index contributed by atoms with van der Waals surface area (Å²) in [5.41, 5.74) is 5.23. The van der Waals surface area contributed by atoms with Gasteiger partial charge in [-0.3, -0.25) is 4.39 Å². The van der Waals surface area contributed by atoms with Gasteiger partial charge in [0, 0.05) is 6.04 Å². The molecule has 0 aliphatic rings. The van der Waals surface area contributed by atoms with E-state index in [4.69, 9.17) is 5.73 Å². The van der Waals surface area contributed by atoms with Gasteiger partial charge in [-0.1, -0.05) is 6.08 Å². The molecule has 0 aromatic heterocycles. The molecule has 0 aliphatic carbocycles. The van der Waals surface area contributed by atoms with Crippen molar-refractivity contribution >= 4 is 0 Å². The quantitative estimate of drug-likeness (QED) is 0.527. The molecule has 0 aromatic rings. The van der Waals surface area contributed by atoms with Gasteiger partial charge < -0.3 is 5.73 Å². The van der Waals surface area contributed by atoms with Crippen molar-refractivity contribution in [3.63, 3.8) is 0 Å². The summed E-state index contributed by atoms with van der Waals surface area (Å²) in [7, 11) is 0. The highest BCUT2D eigenvalue weighted by atomic mass is 19.1. The zero-order valence-corrected chi connectivity index (χ0v) is 4.23. The standard InChI is InChI=1S/C5H10FN/c1-2-5(7)3-4-6/h2,5H,1,3-4,7H2. The Balaban J connectivity index is 2.98. The van der Waals surface area contributed by atoms with Crippen molar-refractivity contribution in [1.82, 2.24) is 0 Å². The Labute approximate surface area is 43.0 Å². The molecule has 0 fully saturated rings. The van der Waals surface area contributed by atoms with E-state index in [2.05, 4.69) is 6.58 Å². The average molecular weight is 103 g/mol. The normalized spacial score (nSPS) is 13.4. The zero-order valence-electron chi connectivity index (χ0n) is 4.23. The van der Waals surface area contributed by atoms with Crippen molar-refractivity contribution in [2.24, 2.45) is 5.73 Å². The Morgan fingerprint density at radius 1 is 1.86 bits per heavy atom. The molecular formula is C5H10FN. The molecule has 1 atom stereocenters. The van der Waals surface area contributed by atoms with Crippen LogP contribution in [0.5, 0.6) is 0 Å². The number of rotatable bonds is 3. The molecular weight excluding hydrogens is 93.1 g/mol. The lowest BCUT2D eigenvalue weighted by molar-refractivity contribution is 0.458. The van der Waals surface area contributed by atoms with Gasteiger partial charge in [0.2, 0.25) is 0 Å². The van der Waals surface area contributed by atoms with Gasteiger partial charge in [-0.15, -0.1) is 6.58 Å². The first-order valence-electron chi connectivity index (χ1n) is 2.25. The van der Waals surface area contributed by atoms with Gasteiger partial charge in [0.25, 0.3) is 0 Å². The summed E-state index contributed by atoms with van der Waals surface area (Å²) < 4.78 is 11.3. The molecule has 1 unspecified atom stereocenters. The molecule has 1 nitrogen and oxygen atoms in total. The topological polar surface area (TPSA) is 26.0 Å². The minimum atomic E-state index is -0.354. The van der Waals surface area contributed by atoms with Crippen LogP contribution in [0.4, 0.5) is 4.39 Å². The molecule has 0 radical (unpaired) electrons. The fraction of sp³-hybridized carbons (Fsp3) is 0.600. The van der Waals surface area contributed by atoms with Crippen LogP contribution in [-0.2, 0) is 0 Å². The summed E-state index contributed by atoms with van der Waals surface area (Å²) in [4.78, 5) is 0. The largest absolute Gasteiger partial charge is 0.324 e. The first kappa shape index (κ1) is 6.63. The summed E-state index contributed by atoms with van der Waals surface area (Å²) in [6.07, 6.45) is 1.93. The first-order valence-corrected chi connectivity index (χ1v) is 2.25. The summed E-state index contributed by atoms with van der Waals surface area (Å²) in [6, 6.07) is -0.162. The van der Waals surface area contributed by atoms with E-state index >= 15 is 0 Å². The van der Waals surface area contributed by atoms with Crippen LogP contribution in [0.1, 0.15) is 6.42 Å². The van der Waals surface area contributed by atoms with Crippen LogP contribution in [-0.4, -0.2) is 12.7 Å². The highest BCUT2D eigenvalue weighted by Crippen LogP contribution is 1.86. The Morgan fingerprint density at radius 2 is 2.43 bits per heavy atom. The van der Waals surface area contributed by atoms with Gasteiger partial charge in [0.05, 0.1) is 6.67 Å². The predicted molar refractivity (Wildman–Crippen MR) is 28.8 cm³/mol. The maximum Gasteiger partial charge on any atom is 0.0912 e. The number of alkyl halides is 1. The summed E-state index contributed by atoms with van der Waals surface area (Å²) >= 11 is 0. The summed E-state index contributed by atoms with van der Waals surface area (Å²) in [5.74, 6) is 0. The maximum absolute atomic E-state index is 11.3. The van der Waals surface area contributed by atoms with E-state index in [1.54, 1.807) is 6.08 Å². The first-order chi connectivity index (χ1) is 3.31. The molecule has 0 amide bonds. The minimum absolute atomic E-state index is 0.162. The highest BCUT2D eigenvalue weighted by molar-refractivity contribution is 4.81. The van der Waals surface area contributed by atoms with Crippen molar-refractivity contribution in [3.8, 4) is 0 Å². The molecule has 0 aliphatic heterocycles. The van der Waals surface area contributed by atoms with Crippen LogP contribution in [0, 0.1) is 0 Å². The Morgan fingerprint density at radius 3 is 2.57 bits per heavy atom. The van der Waals surface area contributed by atoms with E-state index in [1.807, 2.05) is 0 Å². The van der Waals surface area contributed by atoms with Crippen molar-refractivity contribution in [1.29, 1.82) is 0 Å². The van der Waals surface area contributed by atoms with Crippen molar-refractivity contribution in [3.05, 3.63) is 12.7 Å². The predicted octanol–water partition coefficient (Wildman–Crippen LogP) is 0.859. The van der Waals surface area contributed by atoms with E-state index < -0.39 is 0 Å². The van der Waals surface area contributed by atoms with Crippen LogP contribution in [0.2, 0.25) is 0 Å². The van der Waals surface area contributed by atoms with Crippen LogP contribution >= 0.6 is 0 Å². The van der Waals surface area contributed by atoms with Gasteiger partial charge >= 0.3 is 0 Å². The molecule has 0 spiro atoms. The third kappa shape index (κ3) is 3.46. The van der Waals surface area contributed by atoms with E-state index in [9.17, 15) is 4.39 Å². The smallest absolute Gasteiger partial charge is 0.0912 e. The molecule has 2 N–H and O–H groups in total. The molecule has 7 heavy (non-hydrogen) atoms. The van der Waals surface area contributed by atoms with E-state index in [0.717, 1.165) is 0 Å². The Kier molecular flexibility index (Phi) is 3.61. The molecule has 0 saturated heterocycles. The molecule has 2 heteroatoms. The second-order valence-electron chi connectivity index (χ2n) is 1.38. The van der Waals surface area contributed by atoms with Gasteiger partial charge in [-0.2, -0.15) is 0 Å². The van der Waals surface area contributed by atoms with Crippen LogP contribution < -0.4 is 5.73 Å². The second-order valence-corrected chi connectivity index (χ2v) is 1.38. The lowest BCUT2D eigenvalue weighted by atomic mass is 10.2. The van der Waals surface area contributed by atoms with Crippen LogP contribution in [0.15, 0.2) is 12.7 Å². The number of nitrogens with two attached hydrogens (primary N) is 1. The van der Waals surface area contributed by atoms with Crippen LogP contribution in [0.25, 0.3) is 0 Å². The van der Waals surface area contributed by atoms with Crippen molar-refractivity contribution in [2.75, 3.05) is 6.67 Å². The monoisotopic (exact) mass is 103 g/mol. The van der Waals surface area contributed by atoms with Gasteiger partial charge in [-0.05, 0) is 6.42 Å². The second kappa shape index (κ2) is 3.81. The minimum Gasteiger partial charge on any atom is -0.324 e. The fourth-order valence-electron chi connectivity index (χ4n) is 0.244. The number of halogens is 1. The van der Waals surface area contributed by atoms with Crippen molar-refractivity contribution in [2.45, 2.75) is 12.5 Å². The van der Waals surface area contributed by atoms with Gasteiger partial charge in [0.1, 0.15) is 0 Å². The molecule has 0 rings (SSSR count). The van der Waals surface area contributed by atoms with E-state index in [1.165, 1.54) is 0 Å². The number of hydrogen-bond donors (Lipinski definition) is 1. The number of hydrogen-bond acceptors (Lipinski definition) is 1. The molecule has 0 aromatic carbocycles. The Bertz CT molecular complexity index is 54.0. The maximum atomic E-state index is 11.3. The third-order valence-corrected chi connectivity index (χ3v) is 0.745. The highest BCUT2D eigenvalue weighted by Gasteiger charge is 1.91. The van der Waals surface area contributed by atoms with E-state index in [0.29, 0.717) is 6.42 Å². The molecule has 0 heterocycles. The summed E-state index contributed by atoms with van der Waals surface area (Å²) in [6.45, 7) is 3.03. The van der Waals surface area contributed by atoms with Gasteiger partial charge in [0.15, 0.2) is 0 Å². The average Bonchev–Trinajstić information content (AvgIpc) is 1.68. The third-order valence-electron chi connectivity index (χ3n) is 0.745. The molecule has 0 saturated carbocycles. The molecule has 0 bridgehead atoms. The Hall–Kier alpha value is -0.370. The SMILES string of the molecule is C=CC(N)CCF. The molecule has 42 valence electrons. The lowest BCUT2D eigenvalue weighted by Crippen LogP contribution is -2.16. The van der Waals surface area contributed by atoms with Crippen molar-refractivity contribution < 1.29 is 4.39 Å².